The lowest BCUT2D eigenvalue weighted by Gasteiger charge is -2.08. The molecule has 0 aliphatic carbocycles. The fourth-order valence-corrected chi connectivity index (χ4v) is 2.16. The van der Waals surface area contributed by atoms with Crippen molar-refractivity contribution >= 4 is 27.5 Å². The summed E-state index contributed by atoms with van der Waals surface area (Å²) in [5, 5.41) is 2.39. The topological polar surface area (TPSA) is 29.1 Å². The smallest absolute Gasteiger partial charge is 0.224 e. The van der Waals surface area contributed by atoms with Crippen LogP contribution < -0.4 is 5.32 Å². The molecule has 21 heavy (non-hydrogen) atoms. The minimum Gasteiger partial charge on any atom is -0.324 e. The van der Waals surface area contributed by atoms with Gasteiger partial charge in [0.15, 0.2) is 0 Å². The SMILES string of the molecule is Cc1ccc(CCC(=O)Nc2cc(F)c(Br)cc2F)cc1. The summed E-state index contributed by atoms with van der Waals surface area (Å²) in [5.74, 6) is -1.65. The van der Waals surface area contributed by atoms with Gasteiger partial charge in [-0.3, -0.25) is 4.79 Å². The number of carbonyl (C=O) groups is 1. The molecule has 2 aromatic rings. The molecule has 0 aliphatic rings. The summed E-state index contributed by atoms with van der Waals surface area (Å²) >= 11 is 2.89. The van der Waals surface area contributed by atoms with Crippen LogP contribution in [0.3, 0.4) is 0 Å². The molecule has 0 saturated heterocycles. The molecule has 2 nitrogen and oxygen atoms in total. The lowest BCUT2D eigenvalue weighted by molar-refractivity contribution is -0.116. The molecule has 110 valence electrons. The fraction of sp³-hybridized carbons (Fsp3) is 0.188. The molecular weight excluding hydrogens is 340 g/mol. The maximum absolute atomic E-state index is 13.6. The van der Waals surface area contributed by atoms with Crippen LogP contribution in [0.5, 0.6) is 0 Å². The van der Waals surface area contributed by atoms with E-state index in [1.165, 1.54) is 0 Å². The normalized spacial score (nSPS) is 10.5. The maximum atomic E-state index is 13.6. The van der Waals surface area contributed by atoms with Crippen LogP contribution >= 0.6 is 15.9 Å². The Morgan fingerprint density at radius 3 is 2.48 bits per heavy atom. The second kappa shape index (κ2) is 6.80. The molecule has 0 aromatic heterocycles. The first-order valence-corrected chi connectivity index (χ1v) is 7.25. The largest absolute Gasteiger partial charge is 0.324 e. The highest BCUT2D eigenvalue weighted by Gasteiger charge is 2.11. The van der Waals surface area contributed by atoms with Crippen molar-refractivity contribution in [3.63, 3.8) is 0 Å². The Morgan fingerprint density at radius 1 is 1.14 bits per heavy atom. The van der Waals surface area contributed by atoms with Gasteiger partial charge in [-0.2, -0.15) is 0 Å². The van der Waals surface area contributed by atoms with E-state index in [0.717, 1.165) is 23.3 Å². The molecule has 0 saturated carbocycles. The van der Waals surface area contributed by atoms with Crippen LogP contribution in [0.4, 0.5) is 14.5 Å². The van der Waals surface area contributed by atoms with Gasteiger partial charge in [0.25, 0.3) is 0 Å². The lowest BCUT2D eigenvalue weighted by atomic mass is 10.1. The Kier molecular flexibility index (Phi) is 5.07. The zero-order valence-electron chi connectivity index (χ0n) is 11.4. The second-order valence-corrected chi connectivity index (χ2v) is 5.63. The van der Waals surface area contributed by atoms with E-state index in [9.17, 15) is 13.6 Å². The van der Waals surface area contributed by atoms with E-state index in [2.05, 4.69) is 21.2 Å². The molecular formula is C16H14BrF2NO. The van der Waals surface area contributed by atoms with Crippen LogP contribution in [0.1, 0.15) is 17.5 Å². The molecule has 0 bridgehead atoms. The van der Waals surface area contributed by atoms with Gasteiger partial charge >= 0.3 is 0 Å². The van der Waals surface area contributed by atoms with Gasteiger partial charge in [-0.25, -0.2) is 8.78 Å². The summed E-state index contributed by atoms with van der Waals surface area (Å²) in [6.07, 6.45) is 0.757. The van der Waals surface area contributed by atoms with Gasteiger partial charge in [0, 0.05) is 12.5 Å². The first-order chi connectivity index (χ1) is 9.95. The Balaban J connectivity index is 1.96. The van der Waals surface area contributed by atoms with Crippen molar-refractivity contribution < 1.29 is 13.6 Å². The van der Waals surface area contributed by atoms with Crippen molar-refractivity contribution in [3.05, 3.63) is 63.6 Å². The number of anilines is 1. The first-order valence-electron chi connectivity index (χ1n) is 6.45. The zero-order chi connectivity index (χ0) is 15.4. The molecule has 1 N–H and O–H groups in total. The van der Waals surface area contributed by atoms with Crippen LogP contribution in [-0.2, 0) is 11.2 Å². The van der Waals surface area contributed by atoms with E-state index in [4.69, 9.17) is 0 Å². The van der Waals surface area contributed by atoms with Crippen molar-refractivity contribution in [1.82, 2.24) is 0 Å². The minimum atomic E-state index is -0.674. The van der Waals surface area contributed by atoms with Crippen LogP contribution in [0, 0.1) is 18.6 Å². The summed E-state index contributed by atoms with van der Waals surface area (Å²) in [4.78, 5) is 11.8. The highest BCUT2D eigenvalue weighted by molar-refractivity contribution is 9.10. The molecule has 2 rings (SSSR count). The average Bonchev–Trinajstić information content (AvgIpc) is 2.44. The van der Waals surface area contributed by atoms with E-state index in [1.54, 1.807) is 0 Å². The first kappa shape index (κ1) is 15.6. The van der Waals surface area contributed by atoms with Gasteiger partial charge in [-0.15, -0.1) is 0 Å². The standard InChI is InChI=1S/C16H14BrF2NO/c1-10-2-4-11(5-3-10)6-7-16(21)20-15-9-13(18)12(17)8-14(15)19/h2-5,8-9H,6-7H2,1H3,(H,20,21). The predicted molar refractivity (Wildman–Crippen MR) is 82.2 cm³/mol. The van der Waals surface area contributed by atoms with Crippen molar-refractivity contribution in [1.29, 1.82) is 0 Å². The summed E-state index contributed by atoms with van der Waals surface area (Å²) in [7, 11) is 0. The van der Waals surface area contributed by atoms with Crippen molar-refractivity contribution in [2.24, 2.45) is 0 Å². The number of nitrogens with one attached hydrogen (secondary N) is 1. The third kappa shape index (κ3) is 4.36. The number of hydrogen-bond acceptors (Lipinski definition) is 1. The van der Waals surface area contributed by atoms with Crippen molar-refractivity contribution in [2.75, 3.05) is 5.32 Å². The quantitative estimate of drug-likeness (QED) is 0.799. The van der Waals surface area contributed by atoms with E-state index in [-0.39, 0.29) is 22.5 Å². The number of benzene rings is 2. The number of halogens is 3. The van der Waals surface area contributed by atoms with Gasteiger partial charge in [-0.05, 0) is 40.9 Å². The van der Waals surface area contributed by atoms with E-state index < -0.39 is 11.6 Å². The van der Waals surface area contributed by atoms with Gasteiger partial charge in [-0.1, -0.05) is 29.8 Å². The third-order valence-electron chi connectivity index (χ3n) is 3.05. The molecule has 0 heterocycles. The molecule has 5 heteroatoms. The number of aryl methyl sites for hydroxylation is 2. The third-order valence-corrected chi connectivity index (χ3v) is 3.65. The molecule has 1 amide bonds. The summed E-state index contributed by atoms with van der Waals surface area (Å²) in [6, 6.07) is 9.78. The lowest BCUT2D eigenvalue weighted by Crippen LogP contribution is -2.13. The van der Waals surface area contributed by atoms with E-state index in [0.29, 0.717) is 6.42 Å². The molecule has 0 unspecified atom stereocenters. The predicted octanol–water partition coefficient (Wildman–Crippen LogP) is 4.61. The van der Waals surface area contributed by atoms with Gasteiger partial charge in [0.1, 0.15) is 11.6 Å². The van der Waals surface area contributed by atoms with Gasteiger partial charge in [0.05, 0.1) is 10.2 Å². The molecule has 0 spiro atoms. The van der Waals surface area contributed by atoms with Crippen LogP contribution in [0.15, 0.2) is 40.9 Å². The summed E-state index contributed by atoms with van der Waals surface area (Å²) < 4.78 is 26.9. The van der Waals surface area contributed by atoms with Gasteiger partial charge in [0.2, 0.25) is 5.91 Å². The average molecular weight is 354 g/mol. The molecule has 2 aromatic carbocycles. The Hall–Kier alpha value is -1.75. The Labute approximate surface area is 130 Å². The monoisotopic (exact) mass is 353 g/mol. The zero-order valence-corrected chi connectivity index (χ0v) is 13.0. The van der Waals surface area contributed by atoms with E-state index in [1.807, 2.05) is 31.2 Å². The molecule has 0 radical (unpaired) electrons. The maximum Gasteiger partial charge on any atom is 0.224 e. The highest BCUT2D eigenvalue weighted by atomic mass is 79.9. The van der Waals surface area contributed by atoms with Crippen LogP contribution in [0.2, 0.25) is 0 Å². The highest BCUT2D eigenvalue weighted by Crippen LogP contribution is 2.23. The van der Waals surface area contributed by atoms with Crippen LogP contribution in [0.25, 0.3) is 0 Å². The van der Waals surface area contributed by atoms with Gasteiger partial charge < -0.3 is 5.32 Å². The Bertz CT molecular complexity index is 656. The number of hydrogen-bond donors (Lipinski definition) is 1. The Morgan fingerprint density at radius 2 is 1.81 bits per heavy atom. The van der Waals surface area contributed by atoms with Crippen molar-refractivity contribution in [3.8, 4) is 0 Å². The second-order valence-electron chi connectivity index (χ2n) is 4.78. The summed E-state index contributed by atoms with van der Waals surface area (Å²) in [6.45, 7) is 1.99. The number of amides is 1. The number of rotatable bonds is 4. The fourth-order valence-electron chi connectivity index (χ4n) is 1.84. The van der Waals surface area contributed by atoms with Crippen molar-refractivity contribution in [2.45, 2.75) is 19.8 Å². The number of carbonyl (C=O) groups excluding carboxylic acids is 1. The van der Waals surface area contributed by atoms with E-state index >= 15 is 0 Å². The minimum absolute atomic E-state index is 0.0256. The molecule has 0 aliphatic heterocycles. The summed E-state index contributed by atoms with van der Waals surface area (Å²) in [5.41, 5.74) is 2.03. The van der Waals surface area contributed by atoms with Crippen LogP contribution in [-0.4, -0.2) is 5.91 Å². The molecule has 0 atom stereocenters. The molecule has 0 fully saturated rings.